The van der Waals surface area contributed by atoms with Gasteiger partial charge in [-0.25, -0.2) is 9.37 Å². The molecule has 1 heterocycles. The van der Waals surface area contributed by atoms with E-state index in [0.29, 0.717) is 35.6 Å². The molecular formula is C28H35FN4O. The lowest BCUT2D eigenvalue weighted by atomic mass is 9.87. The van der Waals surface area contributed by atoms with Crippen molar-refractivity contribution in [3.8, 4) is 0 Å². The highest BCUT2D eigenvalue weighted by Crippen LogP contribution is 2.23. The molecule has 6 heteroatoms. The number of pyridine rings is 1. The summed E-state index contributed by atoms with van der Waals surface area (Å²) < 4.78 is 14.2. The highest BCUT2D eigenvalue weighted by atomic mass is 19.1. The molecule has 3 aromatic rings. The predicted molar refractivity (Wildman–Crippen MR) is 138 cm³/mol. The molecule has 0 bridgehead atoms. The second-order valence-electron chi connectivity index (χ2n) is 9.87. The molecule has 0 aliphatic rings. The van der Waals surface area contributed by atoms with Crippen molar-refractivity contribution in [1.29, 1.82) is 0 Å². The second-order valence-corrected chi connectivity index (χ2v) is 9.87. The zero-order valence-electron chi connectivity index (χ0n) is 20.8. The molecule has 2 N–H and O–H groups in total. The van der Waals surface area contributed by atoms with Crippen molar-refractivity contribution in [1.82, 2.24) is 9.88 Å². The average Bonchev–Trinajstić information content (AvgIpc) is 2.79. The number of nitrogens with zero attached hydrogens (tertiary/aromatic N) is 2. The molecule has 3 rings (SSSR count). The minimum absolute atomic E-state index is 0.102. The Morgan fingerprint density at radius 3 is 2.47 bits per heavy atom. The van der Waals surface area contributed by atoms with Gasteiger partial charge in [0.05, 0.1) is 5.56 Å². The van der Waals surface area contributed by atoms with Crippen LogP contribution in [0.15, 0.2) is 60.8 Å². The van der Waals surface area contributed by atoms with Crippen molar-refractivity contribution in [3.05, 3.63) is 88.9 Å². The van der Waals surface area contributed by atoms with Gasteiger partial charge in [0.15, 0.2) is 0 Å². The molecule has 1 aromatic heterocycles. The van der Waals surface area contributed by atoms with Gasteiger partial charge in [-0.05, 0) is 85.9 Å². The first-order valence-electron chi connectivity index (χ1n) is 11.7. The molecule has 180 valence electrons. The van der Waals surface area contributed by atoms with Crippen molar-refractivity contribution in [3.63, 3.8) is 0 Å². The number of aromatic nitrogens is 1. The number of hydrogen-bond acceptors (Lipinski definition) is 4. The summed E-state index contributed by atoms with van der Waals surface area (Å²) >= 11 is 0. The summed E-state index contributed by atoms with van der Waals surface area (Å²) in [5.41, 5.74) is 4.08. The number of anilines is 2. The molecule has 0 spiro atoms. The number of hydrogen-bond donors (Lipinski definition) is 2. The van der Waals surface area contributed by atoms with Gasteiger partial charge in [-0.1, -0.05) is 45.0 Å². The molecule has 1 amide bonds. The second kappa shape index (κ2) is 11.3. The summed E-state index contributed by atoms with van der Waals surface area (Å²) in [5.74, 6) is -0.0317. The maximum Gasteiger partial charge on any atom is 0.259 e. The first-order valence-corrected chi connectivity index (χ1v) is 11.7. The number of nitrogens with one attached hydrogen (secondary N) is 2. The van der Waals surface area contributed by atoms with Crippen LogP contribution in [0.25, 0.3) is 0 Å². The van der Waals surface area contributed by atoms with Gasteiger partial charge in [-0.15, -0.1) is 0 Å². The SMILES string of the molecule is CN(C)CCCc1cc(NC(=O)c2cccnc2NCc2ccc(C(C)(C)C)cc2)ccc1F. The van der Waals surface area contributed by atoms with Crippen molar-refractivity contribution in [2.45, 2.75) is 45.6 Å². The number of benzene rings is 2. The zero-order chi connectivity index (χ0) is 24.7. The average molecular weight is 463 g/mol. The highest BCUT2D eigenvalue weighted by Gasteiger charge is 2.15. The fourth-order valence-corrected chi connectivity index (χ4v) is 3.67. The Bertz CT molecular complexity index is 1100. The van der Waals surface area contributed by atoms with Gasteiger partial charge in [-0.3, -0.25) is 4.79 Å². The van der Waals surface area contributed by atoms with E-state index in [0.717, 1.165) is 18.5 Å². The summed E-state index contributed by atoms with van der Waals surface area (Å²) in [4.78, 5) is 19.4. The Morgan fingerprint density at radius 1 is 1.06 bits per heavy atom. The standard InChI is InChI=1S/C28H35FN4O/c1-28(2,3)22-12-10-20(11-13-22)19-31-26-24(9-6-16-30-26)27(34)32-23-14-15-25(29)21(18-23)8-7-17-33(4)5/h6,9-16,18H,7-8,17,19H2,1-5H3,(H,30,31)(H,32,34). The molecule has 0 radical (unpaired) electrons. The molecular weight excluding hydrogens is 427 g/mol. The van der Waals surface area contributed by atoms with E-state index in [2.05, 4.69) is 65.6 Å². The molecule has 0 unspecified atom stereocenters. The molecule has 0 saturated heterocycles. The lowest BCUT2D eigenvalue weighted by Crippen LogP contribution is -2.16. The number of carbonyl (C=O) groups excluding carboxylic acids is 1. The van der Waals surface area contributed by atoms with E-state index in [1.54, 1.807) is 30.5 Å². The summed E-state index contributed by atoms with van der Waals surface area (Å²) in [6.45, 7) is 7.99. The molecule has 0 fully saturated rings. The van der Waals surface area contributed by atoms with Crippen LogP contribution in [0.1, 0.15) is 54.2 Å². The van der Waals surface area contributed by atoms with Crippen molar-refractivity contribution < 1.29 is 9.18 Å². The van der Waals surface area contributed by atoms with Gasteiger partial charge >= 0.3 is 0 Å². The van der Waals surface area contributed by atoms with E-state index in [9.17, 15) is 9.18 Å². The van der Waals surface area contributed by atoms with Crippen molar-refractivity contribution >= 4 is 17.4 Å². The molecule has 0 aliphatic heterocycles. The van der Waals surface area contributed by atoms with Crippen LogP contribution in [0, 0.1) is 5.82 Å². The third-order valence-corrected chi connectivity index (χ3v) is 5.69. The Labute approximate surface area is 202 Å². The normalized spacial score (nSPS) is 11.5. The molecule has 5 nitrogen and oxygen atoms in total. The number of aryl methyl sites for hydroxylation is 1. The molecule has 0 saturated carbocycles. The van der Waals surface area contributed by atoms with Crippen LogP contribution in [-0.2, 0) is 18.4 Å². The smallest absolute Gasteiger partial charge is 0.259 e. The molecule has 0 aliphatic carbocycles. The van der Waals surface area contributed by atoms with Crippen LogP contribution in [0.4, 0.5) is 15.9 Å². The topological polar surface area (TPSA) is 57.3 Å². The summed E-state index contributed by atoms with van der Waals surface area (Å²) in [6.07, 6.45) is 3.11. The van der Waals surface area contributed by atoms with Gasteiger partial charge in [-0.2, -0.15) is 0 Å². The Kier molecular flexibility index (Phi) is 8.40. The summed E-state index contributed by atoms with van der Waals surface area (Å²) in [6, 6.07) is 16.6. The van der Waals surface area contributed by atoms with Crippen molar-refractivity contribution in [2.24, 2.45) is 0 Å². The minimum atomic E-state index is -0.287. The van der Waals surface area contributed by atoms with E-state index >= 15 is 0 Å². The van der Waals surface area contributed by atoms with Crippen LogP contribution in [-0.4, -0.2) is 36.4 Å². The zero-order valence-corrected chi connectivity index (χ0v) is 20.8. The van der Waals surface area contributed by atoms with Gasteiger partial charge in [0.25, 0.3) is 5.91 Å². The van der Waals surface area contributed by atoms with E-state index in [1.165, 1.54) is 11.6 Å². The maximum absolute atomic E-state index is 14.2. The van der Waals surface area contributed by atoms with E-state index < -0.39 is 0 Å². The fraction of sp³-hybridized carbons (Fsp3) is 0.357. The van der Waals surface area contributed by atoms with Crippen LogP contribution < -0.4 is 10.6 Å². The quantitative estimate of drug-likeness (QED) is 0.417. The first kappa shape index (κ1) is 25.4. The van der Waals surface area contributed by atoms with Crippen molar-refractivity contribution in [2.75, 3.05) is 31.3 Å². The lowest BCUT2D eigenvalue weighted by molar-refractivity contribution is 0.102. The Balaban J connectivity index is 1.67. The van der Waals surface area contributed by atoms with Gasteiger partial charge in [0.2, 0.25) is 0 Å². The molecule has 0 atom stereocenters. The lowest BCUT2D eigenvalue weighted by Gasteiger charge is -2.19. The largest absolute Gasteiger partial charge is 0.365 e. The monoisotopic (exact) mass is 462 g/mol. The number of carbonyl (C=O) groups is 1. The van der Waals surface area contributed by atoms with Crippen LogP contribution in [0.3, 0.4) is 0 Å². The summed E-state index contributed by atoms with van der Waals surface area (Å²) in [5, 5.41) is 6.17. The molecule has 2 aromatic carbocycles. The predicted octanol–water partition coefficient (Wildman–Crippen LogP) is 5.88. The van der Waals surface area contributed by atoms with Crippen LogP contribution in [0.5, 0.6) is 0 Å². The fourth-order valence-electron chi connectivity index (χ4n) is 3.67. The summed E-state index contributed by atoms with van der Waals surface area (Å²) in [7, 11) is 3.99. The number of amides is 1. The number of rotatable bonds is 9. The van der Waals surface area contributed by atoms with Gasteiger partial charge in [0.1, 0.15) is 11.6 Å². The van der Waals surface area contributed by atoms with E-state index in [4.69, 9.17) is 0 Å². The first-order chi connectivity index (χ1) is 16.1. The van der Waals surface area contributed by atoms with Crippen LogP contribution in [0.2, 0.25) is 0 Å². The van der Waals surface area contributed by atoms with Gasteiger partial charge in [0, 0.05) is 18.4 Å². The number of halogens is 1. The minimum Gasteiger partial charge on any atom is -0.365 e. The van der Waals surface area contributed by atoms with E-state index in [-0.39, 0.29) is 17.1 Å². The van der Waals surface area contributed by atoms with Gasteiger partial charge < -0.3 is 15.5 Å². The van der Waals surface area contributed by atoms with Crippen LogP contribution >= 0.6 is 0 Å². The Morgan fingerprint density at radius 2 is 1.79 bits per heavy atom. The molecule has 34 heavy (non-hydrogen) atoms. The third kappa shape index (κ3) is 7.12. The highest BCUT2D eigenvalue weighted by molar-refractivity contribution is 6.07. The Hall–Kier alpha value is -3.25. The third-order valence-electron chi connectivity index (χ3n) is 5.69. The van der Waals surface area contributed by atoms with E-state index in [1.807, 2.05) is 14.1 Å². The maximum atomic E-state index is 14.2.